The number of halogens is 1. The van der Waals surface area contributed by atoms with Crippen molar-refractivity contribution < 1.29 is 72.1 Å². The standard InChI is InChI=1S/C57H63FN10O15/c1-3-57(82)35-22-41-52-33(28-68(41)55(80)34(35)29-83-56(57)81)51-37(16-15-32-30(2)36(58)23-38(66-52)50(32)51)63-43(70)14-10-19-59-44(71)25-61-53(78)39(21-31-11-6-4-7-12-31)65-46(73)27-60-45(72)26-62-54(79)40(24-49(76)77)64-42(69)13-8-5-9-20-67-47(74)17-18-48(67)75/h4,6-7,11-12,17-18,22-23,37,39-40,82H,3,5,8-10,13-16,19-21,24-29H2,1-2H3,(H,59,71)(H,60,72)(H,61,78)(H,62,79)(H,63,70)(H,64,69)(H,65,73)(H,76,77)/t37?,39-,40-,57-/m0/s1. The largest absolute Gasteiger partial charge is 0.481 e. The fourth-order valence-electron chi connectivity index (χ4n) is 10.7. The number of aryl methyl sites for hydroxylation is 1. The molecule has 26 heteroatoms. The van der Waals surface area contributed by atoms with E-state index in [2.05, 4.69) is 37.2 Å². The molecule has 0 fully saturated rings. The summed E-state index contributed by atoms with van der Waals surface area (Å²) in [6, 6.07) is 8.15. The summed E-state index contributed by atoms with van der Waals surface area (Å²) in [5.74, 6) is -8.60. The second-order valence-corrected chi connectivity index (χ2v) is 20.6. The zero-order chi connectivity index (χ0) is 59.7. The van der Waals surface area contributed by atoms with Gasteiger partial charge in [-0.3, -0.25) is 57.6 Å². The number of carboxylic acids is 1. The van der Waals surface area contributed by atoms with Gasteiger partial charge >= 0.3 is 11.9 Å². The highest BCUT2D eigenvalue weighted by Crippen LogP contribution is 2.46. The van der Waals surface area contributed by atoms with E-state index in [9.17, 15) is 67.7 Å². The summed E-state index contributed by atoms with van der Waals surface area (Å²) in [5, 5.41) is 39.0. The Balaban J connectivity index is 0.794. The van der Waals surface area contributed by atoms with E-state index in [-0.39, 0.29) is 75.4 Å². The van der Waals surface area contributed by atoms with Gasteiger partial charge in [0.2, 0.25) is 41.4 Å². The zero-order valence-corrected chi connectivity index (χ0v) is 45.6. The average Bonchev–Trinajstić information content (AvgIpc) is 1.88. The van der Waals surface area contributed by atoms with Crippen LogP contribution in [0.1, 0.15) is 110 Å². The van der Waals surface area contributed by atoms with Crippen LogP contribution in [0.3, 0.4) is 0 Å². The predicted molar refractivity (Wildman–Crippen MR) is 290 cm³/mol. The van der Waals surface area contributed by atoms with Gasteiger partial charge in [0.25, 0.3) is 17.4 Å². The molecule has 25 nitrogen and oxygen atoms in total. The Labute approximate surface area is 473 Å². The third-order valence-electron chi connectivity index (χ3n) is 15.1. The lowest BCUT2D eigenvalue weighted by Crippen LogP contribution is -2.53. The van der Waals surface area contributed by atoms with Gasteiger partial charge in [-0.15, -0.1) is 0 Å². The first kappa shape index (κ1) is 59.9. The Hall–Kier alpha value is -9.20. The average molecular weight is 1150 g/mol. The number of rotatable bonds is 26. The molecule has 9 N–H and O–H groups in total. The van der Waals surface area contributed by atoms with Crippen LogP contribution in [0.5, 0.6) is 0 Å². The van der Waals surface area contributed by atoms with Crippen molar-refractivity contribution in [1.82, 2.24) is 51.7 Å². The molecule has 1 unspecified atom stereocenters. The number of unbranched alkanes of at least 4 members (excludes halogenated alkanes) is 2. The molecule has 1 aliphatic carbocycles. The van der Waals surface area contributed by atoms with Crippen LogP contribution in [0.25, 0.3) is 22.3 Å². The molecular weight excluding hydrogens is 1080 g/mol. The molecule has 438 valence electrons. The van der Waals surface area contributed by atoms with Crippen LogP contribution in [-0.4, -0.2) is 135 Å². The SMILES string of the molecule is CC[C@@]1(O)C(=O)OCc2c1cc1n(c2=O)Cc2c-1nc1cc(F)c(C)c3c1c2C(NC(=O)CCCNC(=O)CNC(=O)[C@H](Cc1ccccc1)NC(=O)CNC(=O)CNC(=O)[C@H](CC(=O)O)NC(=O)CCCCCN1C(=O)C=CC1=O)CC3. The summed E-state index contributed by atoms with van der Waals surface area (Å²) in [4.78, 5) is 159. The summed E-state index contributed by atoms with van der Waals surface area (Å²) in [6.45, 7) is 1.35. The fraction of sp³-hybridized carbons (Fsp3) is 0.421. The van der Waals surface area contributed by atoms with E-state index >= 15 is 4.39 Å². The molecule has 4 aromatic rings. The number of fused-ring (bicyclic) bond motifs is 5. The third kappa shape index (κ3) is 13.8. The molecule has 2 aromatic heterocycles. The zero-order valence-electron chi connectivity index (χ0n) is 45.6. The van der Waals surface area contributed by atoms with Gasteiger partial charge in [0, 0.05) is 67.1 Å². The van der Waals surface area contributed by atoms with Crippen molar-refractivity contribution in [3.05, 3.63) is 110 Å². The minimum Gasteiger partial charge on any atom is -0.481 e. The number of benzene rings is 2. The van der Waals surface area contributed by atoms with E-state index in [1.165, 1.54) is 10.6 Å². The molecule has 4 aliphatic rings. The Morgan fingerprint density at radius 3 is 2.14 bits per heavy atom. The van der Waals surface area contributed by atoms with E-state index in [0.29, 0.717) is 76.6 Å². The van der Waals surface area contributed by atoms with E-state index in [1.807, 2.05) is 0 Å². The molecule has 3 aliphatic heterocycles. The quantitative estimate of drug-likeness (QED) is 0.0201. The highest BCUT2D eigenvalue weighted by molar-refractivity contribution is 6.12. The van der Waals surface area contributed by atoms with Crippen molar-refractivity contribution in [3.63, 3.8) is 0 Å². The number of cyclic esters (lactones) is 1. The maximum absolute atomic E-state index is 15.4. The number of aromatic nitrogens is 2. The molecule has 0 spiro atoms. The second-order valence-electron chi connectivity index (χ2n) is 20.6. The molecule has 4 atom stereocenters. The molecule has 5 heterocycles. The molecule has 2 aromatic carbocycles. The van der Waals surface area contributed by atoms with Gasteiger partial charge in [-0.1, -0.05) is 43.7 Å². The molecule has 0 saturated carbocycles. The predicted octanol–water partition coefficient (Wildman–Crippen LogP) is 0.0480. The van der Waals surface area contributed by atoms with Crippen LogP contribution in [0, 0.1) is 12.7 Å². The van der Waals surface area contributed by atoms with Crippen LogP contribution in [-0.2, 0) is 89.1 Å². The number of carbonyl (C=O) groups is 11. The van der Waals surface area contributed by atoms with Crippen molar-refractivity contribution in [2.45, 2.75) is 121 Å². The van der Waals surface area contributed by atoms with Crippen molar-refractivity contribution in [1.29, 1.82) is 0 Å². The maximum atomic E-state index is 15.4. The fourth-order valence-corrected chi connectivity index (χ4v) is 10.7. The number of nitrogens with zero attached hydrogens (tertiary/aromatic N) is 3. The molecule has 0 radical (unpaired) electrons. The highest BCUT2D eigenvalue weighted by Gasteiger charge is 2.46. The van der Waals surface area contributed by atoms with E-state index < -0.39 is 120 Å². The van der Waals surface area contributed by atoms with Crippen molar-refractivity contribution in [3.8, 4) is 11.4 Å². The Morgan fingerprint density at radius 1 is 0.783 bits per heavy atom. The van der Waals surface area contributed by atoms with E-state index in [1.54, 1.807) is 50.2 Å². The van der Waals surface area contributed by atoms with Crippen LogP contribution in [0.4, 0.5) is 4.39 Å². The number of pyridine rings is 2. The van der Waals surface area contributed by atoms with Crippen molar-refractivity contribution in [2.75, 3.05) is 32.7 Å². The summed E-state index contributed by atoms with van der Waals surface area (Å²) in [5.41, 5.74) is 1.90. The summed E-state index contributed by atoms with van der Waals surface area (Å²) in [7, 11) is 0. The van der Waals surface area contributed by atoms with Gasteiger partial charge in [0.15, 0.2) is 5.60 Å². The number of carbonyl (C=O) groups excluding carboxylic acids is 10. The number of amides is 9. The minimum absolute atomic E-state index is 0.0146. The van der Waals surface area contributed by atoms with Crippen LogP contribution >= 0.6 is 0 Å². The summed E-state index contributed by atoms with van der Waals surface area (Å²) >= 11 is 0. The van der Waals surface area contributed by atoms with Gasteiger partial charge in [-0.2, -0.15) is 0 Å². The number of ether oxygens (including phenoxy) is 1. The number of hydrogen-bond acceptors (Lipinski definition) is 15. The van der Waals surface area contributed by atoms with E-state index in [4.69, 9.17) is 9.72 Å². The van der Waals surface area contributed by atoms with Gasteiger partial charge < -0.3 is 56.7 Å². The first-order valence-electron chi connectivity index (χ1n) is 27.2. The first-order valence-corrected chi connectivity index (χ1v) is 27.2. The molecule has 0 bridgehead atoms. The highest BCUT2D eigenvalue weighted by atomic mass is 19.1. The Morgan fingerprint density at radius 2 is 1.45 bits per heavy atom. The second kappa shape index (κ2) is 26.1. The normalized spacial score (nSPS) is 17.1. The number of hydrogen-bond donors (Lipinski definition) is 9. The molecule has 83 heavy (non-hydrogen) atoms. The van der Waals surface area contributed by atoms with Crippen LogP contribution < -0.4 is 42.8 Å². The molecular formula is C57H63FN10O15. The maximum Gasteiger partial charge on any atom is 0.343 e. The summed E-state index contributed by atoms with van der Waals surface area (Å²) in [6.07, 6.45) is 3.52. The van der Waals surface area contributed by atoms with Crippen LogP contribution in [0.15, 0.2) is 59.4 Å². The molecule has 9 amide bonds. The topological polar surface area (TPSA) is 360 Å². The molecule has 8 rings (SSSR count). The summed E-state index contributed by atoms with van der Waals surface area (Å²) < 4.78 is 22.1. The monoisotopic (exact) mass is 1150 g/mol. The lowest BCUT2D eigenvalue weighted by Gasteiger charge is -2.31. The third-order valence-corrected chi connectivity index (χ3v) is 15.1. The Bertz CT molecular complexity index is 3400. The van der Waals surface area contributed by atoms with Crippen molar-refractivity contribution >= 4 is 76.0 Å². The number of carboxylic acid groups (broad SMARTS) is 1. The molecule has 0 saturated heterocycles. The first-order chi connectivity index (χ1) is 39.7. The van der Waals surface area contributed by atoms with Gasteiger partial charge in [0.1, 0.15) is 24.5 Å². The number of aliphatic carboxylic acids is 1. The van der Waals surface area contributed by atoms with Gasteiger partial charge in [-0.25, -0.2) is 14.2 Å². The van der Waals surface area contributed by atoms with Gasteiger partial charge in [-0.05, 0) is 73.8 Å². The number of aliphatic hydroxyl groups is 1. The lowest BCUT2D eigenvalue weighted by atomic mass is 9.81. The smallest absolute Gasteiger partial charge is 0.343 e. The van der Waals surface area contributed by atoms with Crippen molar-refractivity contribution in [2.24, 2.45) is 0 Å². The van der Waals surface area contributed by atoms with Crippen LogP contribution in [0.2, 0.25) is 0 Å². The number of imide groups is 1. The van der Waals surface area contributed by atoms with E-state index in [0.717, 1.165) is 22.6 Å². The lowest BCUT2D eigenvalue weighted by molar-refractivity contribution is -0.172. The number of esters is 1. The Kier molecular flexibility index (Phi) is 18.9. The minimum atomic E-state index is -2.06. The van der Waals surface area contributed by atoms with Gasteiger partial charge in [0.05, 0.1) is 61.1 Å². The number of nitrogens with one attached hydrogen (secondary N) is 7.